The summed E-state index contributed by atoms with van der Waals surface area (Å²) in [4.78, 5) is 0. The van der Waals surface area contributed by atoms with Crippen LogP contribution < -0.4 is 0 Å². The van der Waals surface area contributed by atoms with E-state index in [4.69, 9.17) is 14.7 Å². The summed E-state index contributed by atoms with van der Waals surface area (Å²) in [5, 5.41) is 8.52. The minimum Gasteiger partial charge on any atom is -0.359 e. The minimum absolute atomic E-state index is 0.0235. The van der Waals surface area contributed by atoms with Crippen LogP contribution >= 0.6 is 0 Å². The fourth-order valence-corrected chi connectivity index (χ4v) is 1.01. The zero-order chi connectivity index (χ0) is 10.1. The second-order valence-electron chi connectivity index (χ2n) is 2.90. The molecule has 3 heteroatoms. The first-order valence-electron chi connectivity index (χ1n) is 4.36. The second-order valence-corrected chi connectivity index (χ2v) is 2.90. The van der Waals surface area contributed by atoms with Crippen LogP contribution in [-0.2, 0) is 9.47 Å². The van der Waals surface area contributed by atoms with Crippen molar-refractivity contribution in [1.82, 2.24) is 0 Å². The molecular weight excluding hydrogens is 166 g/mol. The van der Waals surface area contributed by atoms with Crippen LogP contribution in [0.25, 0.3) is 0 Å². The van der Waals surface area contributed by atoms with Crippen LogP contribution in [0.15, 0.2) is 12.2 Å². The average Bonchev–Trinajstić information content (AvgIpc) is 2.12. The Hall–Kier alpha value is -0.850. The topological polar surface area (TPSA) is 42.2 Å². The summed E-state index contributed by atoms with van der Waals surface area (Å²) in [6.45, 7) is 4.19. The van der Waals surface area contributed by atoms with Crippen LogP contribution in [0.4, 0.5) is 0 Å². The smallest absolute Gasteiger partial charge is 0.147 e. The lowest BCUT2D eigenvalue weighted by Gasteiger charge is -2.18. The maximum absolute atomic E-state index is 8.52. The lowest BCUT2D eigenvalue weighted by Crippen LogP contribution is -2.20. The highest BCUT2D eigenvalue weighted by Crippen LogP contribution is 2.12. The normalized spacial score (nSPS) is 15.5. The van der Waals surface area contributed by atoms with Crippen LogP contribution in [0.1, 0.15) is 20.3 Å². The first-order valence-corrected chi connectivity index (χ1v) is 4.36. The monoisotopic (exact) mass is 183 g/mol. The number of rotatable bonds is 6. The van der Waals surface area contributed by atoms with Crippen LogP contribution in [0.3, 0.4) is 0 Å². The van der Waals surface area contributed by atoms with Crippen molar-refractivity contribution in [3.8, 4) is 6.07 Å². The maximum Gasteiger partial charge on any atom is 0.147 e. The van der Waals surface area contributed by atoms with Gasteiger partial charge in [-0.25, -0.2) is 0 Å². The molecule has 0 aliphatic rings. The van der Waals surface area contributed by atoms with Gasteiger partial charge in [0.05, 0.1) is 12.2 Å². The predicted octanol–water partition coefficient (Wildman–Crippen LogP) is 2.10. The van der Waals surface area contributed by atoms with E-state index < -0.39 is 0 Å². The van der Waals surface area contributed by atoms with Gasteiger partial charge in [-0.15, -0.1) is 0 Å². The number of nitriles is 1. The Morgan fingerprint density at radius 3 is 2.69 bits per heavy atom. The van der Waals surface area contributed by atoms with Gasteiger partial charge in [0.2, 0.25) is 0 Å². The van der Waals surface area contributed by atoms with Gasteiger partial charge in [0, 0.05) is 13.5 Å². The summed E-state index contributed by atoms with van der Waals surface area (Å²) in [5.41, 5.74) is 0. The van der Waals surface area contributed by atoms with Crippen molar-refractivity contribution in [3.63, 3.8) is 0 Å². The third kappa shape index (κ3) is 5.40. The van der Waals surface area contributed by atoms with Crippen LogP contribution in [-0.4, -0.2) is 20.0 Å². The van der Waals surface area contributed by atoms with Crippen LogP contribution in [0, 0.1) is 17.2 Å². The molecule has 3 nitrogen and oxygen atoms in total. The molecule has 0 aliphatic carbocycles. The van der Waals surface area contributed by atoms with E-state index >= 15 is 0 Å². The van der Waals surface area contributed by atoms with Crippen molar-refractivity contribution in [1.29, 1.82) is 5.26 Å². The minimum atomic E-state index is -0.0235. The molecule has 0 unspecified atom stereocenters. The molecule has 0 spiro atoms. The Balaban J connectivity index is 3.99. The second kappa shape index (κ2) is 7.78. The van der Waals surface area contributed by atoms with Gasteiger partial charge in [-0.2, -0.15) is 5.26 Å². The number of hydrogen-bond donors (Lipinski definition) is 0. The molecule has 0 saturated heterocycles. The summed E-state index contributed by atoms with van der Waals surface area (Å²) in [7, 11) is 1.58. The number of hydrogen-bond acceptors (Lipinski definition) is 3. The standard InChI is InChI=1S/C10H17NO2/c1-4-5-10(13-8-12-3)9(2)6-7-11/h4-5,9-10H,6,8H2,1-3H3/b5-4+/t9-,10+/m1/s1. The molecule has 0 N–H and O–H groups in total. The van der Waals surface area contributed by atoms with E-state index in [1.165, 1.54) is 0 Å². The van der Waals surface area contributed by atoms with Gasteiger partial charge in [0.25, 0.3) is 0 Å². The van der Waals surface area contributed by atoms with E-state index in [9.17, 15) is 0 Å². The Labute approximate surface area is 80.0 Å². The molecule has 0 rings (SSSR count). The van der Waals surface area contributed by atoms with Gasteiger partial charge in [-0.05, 0) is 12.8 Å². The van der Waals surface area contributed by atoms with E-state index in [-0.39, 0.29) is 18.8 Å². The molecule has 0 amide bonds. The van der Waals surface area contributed by atoms with Crippen molar-refractivity contribution >= 4 is 0 Å². The SMILES string of the molecule is C/C=C/[C@H](OCOC)[C@H](C)CC#N. The summed E-state index contributed by atoms with van der Waals surface area (Å²) in [5.74, 6) is 0.205. The largest absolute Gasteiger partial charge is 0.359 e. The van der Waals surface area contributed by atoms with Gasteiger partial charge in [-0.3, -0.25) is 0 Å². The molecular formula is C10H17NO2. The zero-order valence-corrected chi connectivity index (χ0v) is 8.49. The average molecular weight is 183 g/mol. The maximum atomic E-state index is 8.52. The number of nitrogens with zero attached hydrogens (tertiary/aromatic N) is 1. The molecule has 0 fully saturated rings. The van der Waals surface area contributed by atoms with E-state index in [1.54, 1.807) is 7.11 Å². The molecule has 0 aromatic carbocycles. The van der Waals surface area contributed by atoms with E-state index in [1.807, 2.05) is 26.0 Å². The fraction of sp³-hybridized carbons (Fsp3) is 0.700. The Kier molecular flexibility index (Phi) is 7.27. The molecule has 0 saturated carbocycles. The lowest BCUT2D eigenvalue weighted by molar-refractivity contribution is -0.0702. The van der Waals surface area contributed by atoms with Crippen molar-refractivity contribution in [2.45, 2.75) is 26.4 Å². The number of methoxy groups -OCH3 is 1. The molecule has 0 radical (unpaired) electrons. The summed E-state index contributed by atoms with van der Waals surface area (Å²) in [6.07, 6.45) is 4.35. The van der Waals surface area contributed by atoms with Crippen LogP contribution in [0.2, 0.25) is 0 Å². The third-order valence-corrected chi connectivity index (χ3v) is 1.73. The summed E-state index contributed by atoms with van der Waals surface area (Å²) in [6, 6.07) is 2.13. The molecule has 74 valence electrons. The Morgan fingerprint density at radius 1 is 1.54 bits per heavy atom. The summed E-state index contributed by atoms with van der Waals surface area (Å²) >= 11 is 0. The Bertz CT molecular complexity index is 184. The highest BCUT2D eigenvalue weighted by Gasteiger charge is 2.13. The van der Waals surface area contributed by atoms with Crippen LogP contribution in [0.5, 0.6) is 0 Å². The van der Waals surface area contributed by atoms with Gasteiger partial charge in [-0.1, -0.05) is 19.1 Å². The van der Waals surface area contributed by atoms with E-state index in [0.29, 0.717) is 6.42 Å². The molecule has 2 atom stereocenters. The molecule has 0 bridgehead atoms. The third-order valence-electron chi connectivity index (χ3n) is 1.73. The van der Waals surface area contributed by atoms with Gasteiger partial charge in [0.15, 0.2) is 0 Å². The quantitative estimate of drug-likeness (QED) is 0.468. The molecule has 0 aliphatic heterocycles. The van der Waals surface area contributed by atoms with Crippen molar-refractivity contribution in [2.75, 3.05) is 13.9 Å². The molecule has 0 aromatic heterocycles. The first-order chi connectivity index (χ1) is 6.26. The van der Waals surface area contributed by atoms with E-state index in [2.05, 4.69) is 6.07 Å². The Morgan fingerprint density at radius 2 is 2.23 bits per heavy atom. The predicted molar refractivity (Wildman–Crippen MR) is 51.0 cm³/mol. The highest BCUT2D eigenvalue weighted by molar-refractivity contribution is 4.92. The summed E-state index contributed by atoms with van der Waals surface area (Å²) < 4.78 is 10.2. The zero-order valence-electron chi connectivity index (χ0n) is 8.49. The van der Waals surface area contributed by atoms with Crippen molar-refractivity contribution < 1.29 is 9.47 Å². The highest BCUT2D eigenvalue weighted by atomic mass is 16.7. The van der Waals surface area contributed by atoms with E-state index in [0.717, 1.165) is 0 Å². The van der Waals surface area contributed by atoms with Gasteiger partial charge in [0.1, 0.15) is 6.79 Å². The molecule has 0 heterocycles. The molecule has 0 aromatic rings. The number of ether oxygens (including phenoxy) is 2. The van der Waals surface area contributed by atoms with Crippen molar-refractivity contribution in [3.05, 3.63) is 12.2 Å². The fourth-order valence-electron chi connectivity index (χ4n) is 1.01. The van der Waals surface area contributed by atoms with Crippen molar-refractivity contribution in [2.24, 2.45) is 5.92 Å². The van der Waals surface area contributed by atoms with Gasteiger partial charge < -0.3 is 9.47 Å². The number of allylic oxidation sites excluding steroid dienone is 1. The molecule has 13 heavy (non-hydrogen) atoms. The first kappa shape index (κ1) is 12.2. The lowest BCUT2D eigenvalue weighted by atomic mass is 10.0. The van der Waals surface area contributed by atoms with Gasteiger partial charge >= 0.3 is 0 Å².